The second-order valence-electron chi connectivity index (χ2n) is 4.02. The van der Waals surface area contributed by atoms with Crippen LogP contribution in [0, 0.1) is 5.92 Å². The van der Waals surface area contributed by atoms with E-state index in [9.17, 15) is 18.0 Å². The van der Waals surface area contributed by atoms with Crippen molar-refractivity contribution in [1.82, 2.24) is 5.32 Å². The Morgan fingerprint density at radius 2 is 2.24 bits per heavy atom. The average molecular weight is 255 g/mol. The molecule has 17 heavy (non-hydrogen) atoms. The van der Waals surface area contributed by atoms with E-state index in [2.05, 4.69) is 5.32 Å². The molecule has 3 unspecified atom stereocenters. The van der Waals surface area contributed by atoms with Gasteiger partial charge < -0.3 is 15.2 Å². The van der Waals surface area contributed by atoms with Crippen LogP contribution in [0.2, 0.25) is 0 Å². The molecule has 0 saturated carbocycles. The molecular weight excluding hydrogens is 239 g/mol. The molecule has 1 aliphatic rings. The van der Waals surface area contributed by atoms with E-state index in [4.69, 9.17) is 9.84 Å². The van der Waals surface area contributed by atoms with E-state index in [1.54, 1.807) is 0 Å². The first-order valence-electron chi connectivity index (χ1n) is 5.50. The third-order valence-electron chi connectivity index (χ3n) is 2.80. The quantitative estimate of drug-likeness (QED) is 0.782. The molecule has 1 fully saturated rings. The Kier molecular flexibility index (Phi) is 4.76. The second-order valence-corrected chi connectivity index (χ2v) is 4.02. The number of halogens is 3. The van der Waals surface area contributed by atoms with Gasteiger partial charge >= 0.3 is 6.18 Å². The highest BCUT2D eigenvalue weighted by Crippen LogP contribution is 2.24. The minimum Gasteiger partial charge on any atom is -0.382 e. The van der Waals surface area contributed by atoms with Gasteiger partial charge in [0, 0.05) is 6.61 Å². The average Bonchev–Trinajstić information content (AvgIpc) is 2.71. The van der Waals surface area contributed by atoms with E-state index in [1.165, 1.54) is 0 Å². The lowest BCUT2D eigenvalue weighted by Crippen LogP contribution is -2.44. The lowest BCUT2D eigenvalue weighted by molar-refractivity contribution is -0.202. The molecule has 2 N–H and O–H groups in total. The number of carbonyl (C=O) groups excluding carboxylic acids is 1. The Balaban J connectivity index is 2.39. The monoisotopic (exact) mass is 255 g/mol. The van der Waals surface area contributed by atoms with Crippen LogP contribution in [0.25, 0.3) is 0 Å². The van der Waals surface area contributed by atoms with Crippen LogP contribution >= 0.6 is 0 Å². The molecule has 100 valence electrons. The highest BCUT2D eigenvalue weighted by atomic mass is 19.4. The number of aliphatic hydroxyl groups is 1. The Labute approximate surface area is 97.1 Å². The van der Waals surface area contributed by atoms with Gasteiger partial charge in [-0.1, -0.05) is 6.92 Å². The van der Waals surface area contributed by atoms with E-state index in [0.29, 0.717) is 19.4 Å². The molecule has 1 saturated heterocycles. The molecule has 3 atom stereocenters. The Morgan fingerprint density at radius 1 is 1.59 bits per heavy atom. The molecule has 1 amide bonds. The van der Waals surface area contributed by atoms with Gasteiger partial charge in [0.25, 0.3) is 0 Å². The normalized spacial score (nSPS) is 26.9. The van der Waals surface area contributed by atoms with Crippen LogP contribution in [-0.4, -0.2) is 42.5 Å². The van der Waals surface area contributed by atoms with Gasteiger partial charge in [-0.05, 0) is 12.8 Å². The first-order chi connectivity index (χ1) is 7.86. The van der Waals surface area contributed by atoms with E-state index in [1.807, 2.05) is 6.92 Å². The van der Waals surface area contributed by atoms with Crippen molar-refractivity contribution in [1.29, 1.82) is 0 Å². The summed E-state index contributed by atoms with van der Waals surface area (Å²) < 4.78 is 41.2. The molecule has 0 spiro atoms. The number of nitrogens with one attached hydrogen (secondary N) is 1. The standard InChI is InChI=1S/C10H16F3NO3/c1-2-7-6(3-4-17-7)9(16)14-5-8(15)10(11,12)13/h6-8,15H,2-5H2,1H3,(H,14,16). The number of carbonyl (C=O) groups is 1. The number of hydrogen-bond donors (Lipinski definition) is 2. The maximum atomic E-state index is 12.0. The number of ether oxygens (including phenoxy) is 1. The molecule has 0 aliphatic carbocycles. The molecule has 4 nitrogen and oxygen atoms in total. The third-order valence-corrected chi connectivity index (χ3v) is 2.80. The maximum Gasteiger partial charge on any atom is 0.416 e. The number of hydrogen-bond acceptors (Lipinski definition) is 3. The van der Waals surface area contributed by atoms with Gasteiger partial charge in [0.1, 0.15) is 0 Å². The Morgan fingerprint density at radius 3 is 2.76 bits per heavy atom. The summed E-state index contributed by atoms with van der Waals surface area (Å²) in [7, 11) is 0. The molecule has 0 aromatic heterocycles. The van der Waals surface area contributed by atoms with Crippen LogP contribution in [0.4, 0.5) is 13.2 Å². The lowest BCUT2D eigenvalue weighted by Gasteiger charge is -2.19. The first kappa shape index (κ1) is 14.2. The summed E-state index contributed by atoms with van der Waals surface area (Å²) in [5.41, 5.74) is 0. The molecule has 0 aromatic rings. The van der Waals surface area contributed by atoms with E-state index < -0.39 is 30.7 Å². The molecule has 1 aliphatic heterocycles. The second kappa shape index (κ2) is 5.68. The zero-order chi connectivity index (χ0) is 13.1. The van der Waals surface area contributed by atoms with Crippen LogP contribution < -0.4 is 5.32 Å². The first-order valence-corrected chi connectivity index (χ1v) is 5.50. The molecule has 0 aromatic carbocycles. The Hall–Kier alpha value is -0.820. The molecular formula is C10H16F3NO3. The highest BCUT2D eigenvalue weighted by molar-refractivity contribution is 5.79. The van der Waals surface area contributed by atoms with Gasteiger partial charge in [0.2, 0.25) is 5.91 Å². The Bertz CT molecular complexity index is 270. The topological polar surface area (TPSA) is 58.6 Å². The zero-order valence-electron chi connectivity index (χ0n) is 9.46. The van der Waals surface area contributed by atoms with Gasteiger partial charge in [-0.25, -0.2) is 0 Å². The molecule has 0 radical (unpaired) electrons. The van der Waals surface area contributed by atoms with Crippen LogP contribution in [-0.2, 0) is 9.53 Å². The van der Waals surface area contributed by atoms with Crippen LogP contribution in [0.3, 0.4) is 0 Å². The van der Waals surface area contributed by atoms with Gasteiger partial charge in [0.05, 0.1) is 18.6 Å². The largest absolute Gasteiger partial charge is 0.416 e. The number of amides is 1. The van der Waals surface area contributed by atoms with E-state index in [-0.39, 0.29) is 6.10 Å². The summed E-state index contributed by atoms with van der Waals surface area (Å²) in [6, 6.07) is 0. The van der Waals surface area contributed by atoms with Gasteiger partial charge in [-0.3, -0.25) is 4.79 Å². The molecule has 1 heterocycles. The van der Waals surface area contributed by atoms with Crippen molar-refractivity contribution in [2.75, 3.05) is 13.2 Å². The summed E-state index contributed by atoms with van der Waals surface area (Å²) in [6.07, 6.45) is -6.32. The van der Waals surface area contributed by atoms with Crippen molar-refractivity contribution >= 4 is 5.91 Å². The molecule has 7 heteroatoms. The van der Waals surface area contributed by atoms with Crippen LogP contribution in [0.5, 0.6) is 0 Å². The summed E-state index contributed by atoms with van der Waals surface area (Å²) in [4.78, 5) is 11.6. The summed E-state index contributed by atoms with van der Waals surface area (Å²) in [6.45, 7) is 1.48. The number of aliphatic hydroxyl groups excluding tert-OH is 1. The fraction of sp³-hybridized carbons (Fsp3) is 0.900. The third kappa shape index (κ3) is 3.85. The van der Waals surface area contributed by atoms with Crippen molar-refractivity contribution in [2.45, 2.75) is 38.1 Å². The van der Waals surface area contributed by atoms with E-state index >= 15 is 0 Å². The van der Waals surface area contributed by atoms with Crippen molar-refractivity contribution < 1.29 is 27.8 Å². The van der Waals surface area contributed by atoms with Gasteiger partial charge in [-0.2, -0.15) is 13.2 Å². The predicted molar refractivity (Wildman–Crippen MR) is 53.2 cm³/mol. The molecule has 0 bridgehead atoms. The zero-order valence-corrected chi connectivity index (χ0v) is 9.46. The fourth-order valence-corrected chi connectivity index (χ4v) is 1.79. The smallest absolute Gasteiger partial charge is 0.382 e. The van der Waals surface area contributed by atoms with Crippen molar-refractivity contribution in [3.8, 4) is 0 Å². The summed E-state index contributed by atoms with van der Waals surface area (Å²) in [5.74, 6) is -0.905. The maximum absolute atomic E-state index is 12.0. The van der Waals surface area contributed by atoms with Crippen molar-refractivity contribution in [3.63, 3.8) is 0 Å². The van der Waals surface area contributed by atoms with Gasteiger partial charge in [0.15, 0.2) is 6.10 Å². The van der Waals surface area contributed by atoms with Crippen LogP contribution in [0.15, 0.2) is 0 Å². The summed E-state index contributed by atoms with van der Waals surface area (Å²) in [5, 5.41) is 10.8. The lowest BCUT2D eigenvalue weighted by atomic mass is 9.99. The van der Waals surface area contributed by atoms with Crippen LogP contribution in [0.1, 0.15) is 19.8 Å². The highest BCUT2D eigenvalue weighted by Gasteiger charge is 2.39. The van der Waals surface area contributed by atoms with Crippen molar-refractivity contribution in [2.24, 2.45) is 5.92 Å². The fourth-order valence-electron chi connectivity index (χ4n) is 1.79. The number of rotatable bonds is 4. The van der Waals surface area contributed by atoms with E-state index in [0.717, 1.165) is 0 Å². The van der Waals surface area contributed by atoms with Crippen molar-refractivity contribution in [3.05, 3.63) is 0 Å². The number of alkyl halides is 3. The predicted octanol–water partition coefficient (Wildman–Crippen LogP) is 0.841. The van der Waals surface area contributed by atoms with Gasteiger partial charge in [-0.15, -0.1) is 0 Å². The SMILES string of the molecule is CCC1OCCC1C(=O)NCC(O)C(F)(F)F. The summed E-state index contributed by atoms with van der Waals surface area (Å²) >= 11 is 0. The molecule has 1 rings (SSSR count). The minimum absolute atomic E-state index is 0.238. The minimum atomic E-state index is -4.70.